The van der Waals surface area contributed by atoms with Gasteiger partial charge in [0.2, 0.25) is 0 Å². The SMILES string of the molecule is CCC(/C=C(/C)[C@H]1C[C@@H](OC)C[C@@H](O)C(C)(C)C2(O)O[C@H](C[C@H](OC)[C@@H](C)C(=O)O1)C[C@H](OC)[C@@H]2C)CC. The van der Waals surface area contributed by atoms with Crippen LogP contribution >= 0.6 is 0 Å². The first-order valence-electron chi connectivity index (χ1n) is 14.3. The summed E-state index contributed by atoms with van der Waals surface area (Å²) in [5.74, 6) is -2.59. The third-order valence-electron chi connectivity index (χ3n) is 9.41. The summed E-state index contributed by atoms with van der Waals surface area (Å²) in [6.07, 6.45) is 2.64. The lowest BCUT2D eigenvalue weighted by atomic mass is 9.67. The van der Waals surface area contributed by atoms with Crippen LogP contribution < -0.4 is 0 Å². The minimum absolute atomic E-state index is 0.243. The summed E-state index contributed by atoms with van der Waals surface area (Å²) in [7, 11) is 4.80. The lowest BCUT2D eigenvalue weighted by Crippen LogP contribution is -2.64. The monoisotopic (exact) mass is 542 g/mol. The van der Waals surface area contributed by atoms with E-state index in [4.69, 9.17) is 23.7 Å². The summed E-state index contributed by atoms with van der Waals surface area (Å²) in [6.45, 7) is 13.7. The highest BCUT2D eigenvalue weighted by Crippen LogP contribution is 2.49. The van der Waals surface area contributed by atoms with Gasteiger partial charge in [-0.25, -0.2) is 0 Å². The molecule has 2 saturated heterocycles. The van der Waals surface area contributed by atoms with Gasteiger partial charge >= 0.3 is 5.97 Å². The van der Waals surface area contributed by atoms with Crippen LogP contribution in [-0.2, 0) is 28.5 Å². The van der Waals surface area contributed by atoms with Gasteiger partial charge in [-0.15, -0.1) is 0 Å². The van der Waals surface area contributed by atoms with Crippen molar-refractivity contribution in [3.05, 3.63) is 11.6 Å². The molecule has 222 valence electrons. The molecule has 0 aliphatic carbocycles. The average molecular weight is 543 g/mol. The summed E-state index contributed by atoms with van der Waals surface area (Å²) in [6, 6.07) is 0. The molecule has 2 aliphatic heterocycles. The maximum Gasteiger partial charge on any atom is 0.311 e. The van der Waals surface area contributed by atoms with Crippen molar-refractivity contribution in [3.8, 4) is 0 Å². The van der Waals surface area contributed by atoms with E-state index < -0.39 is 53.6 Å². The van der Waals surface area contributed by atoms with E-state index in [1.54, 1.807) is 21.3 Å². The smallest absolute Gasteiger partial charge is 0.311 e. The first kappa shape index (κ1) is 33.2. The van der Waals surface area contributed by atoms with E-state index in [0.717, 1.165) is 18.4 Å². The number of esters is 1. The van der Waals surface area contributed by atoms with Gasteiger partial charge in [0.25, 0.3) is 0 Å². The topological polar surface area (TPSA) is 104 Å². The van der Waals surface area contributed by atoms with Gasteiger partial charge in [-0.3, -0.25) is 4.79 Å². The average Bonchev–Trinajstić information content (AvgIpc) is 2.89. The van der Waals surface area contributed by atoms with Gasteiger partial charge < -0.3 is 33.9 Å². The van der Waals surface area contributed by atoms with Gasteiger partial charge in [0, 0.05) is 58.3 Å². The van der Waals surface area contributed by atoms with Gasteiger partial charge in [0.1, 0.15) is 6.10 Å². The predicted molar refractivity (Wildman–Crippen MR) is 147 cm³/mol. The highest BCUT2D eigenvalue weighted by atomic mass is 16.6. The molecule has 0 radical (unpaired) electrons. The van der Waals surface area contributed by atoms with Crippen molar-refractivity contribution in [1.82, 2.24) is 0 Å². The lowest BCUT2D eigenvalue weighted by molar-refractivity contribution is -0.365. The second-order valence-electron chi connectivity index (χ2n) is 12.0. The number of hydrogen-bond donors (Lipinski definition) is 2. The standard InChI is InChI=1S/C30H54O8/c1-11-21(12-2)13-18(3)24-14-22(34-8)17-27(31)29(6,7)30(33)20(5)26(36-10)16-23(38-30)15-25(35-9)19(4)28(32)37-24/h13,19-27,31,33H,11-12,14-17H2,1-10H3/b18-13-/t19-,20+,22-,23-,24-,25+,26+,27-,30?/m1/s1. The van der Waals surface area contributed by atoms with Crippen LogP contribution in [0, 0.1) is 23.2 Å². The van der Waals surface area contributed by atoms with Crippen LogP contribution in [0.1, 0.15) is 87.0 Å². The fourth-order valence-electron chi connectivity index (χ4n) is 6.11. The molecule has 8 heteroatoms. The Balaban J connectivity index is 2.56. The zero-order valence-electron chi connectivity index (χ0n) is 25.4. The number of hydrogen-bond acceptors (Lipinski definition) is 8. The molecule has 2 N–H and O–H groups in total. The number of rotatable bonds is 7. The molecule has 2 aliphatic rings. The van der Waals surface area contributed by atoms with Crippen LogP contribution in [0.4, 0.5) is 0 Å². The highest BCUT2D eigenvalue weighted by Gasteiger charge is 2.59. The van der Waals surface area contributed by atoms with Crippen molar-refractivity contribution >= 4 is 5.97 Å². The molecule has 8 nitrogen and oxygen atoms in total. The van der Waals surface area contributed by atoms with Crippen LogP contribution in [0.2, 0.25) is 0 Å². The Morgan fingerprint density at radius 2 is 1.61 bits per heavy atom. The summed E-state index contributed by atoms with van der Waals surface area (Å²) in [5.41, 5.74) is -0.0738. The molecule has 0 aromatic carbocycles. The number of aliphatic hydroxyl groups is 2. The Morgan fingerprint density at radius 1 is 1.03 bits per heavy atom. The maximum absolute atomic E-state index is 13.4. The van der Waals surface area contributed by atoms with E-state index in [1.165, 1.54) is 0 Å². The second kappa shape index (κ2) is 14.0. The molecule has 0 saturated carbocycles. The first-order chi connectivity index (χ1) is 17.8. The Bertz CT molecular complexity index is 778. The van der Waals surface area contributed by atoms with E-state index >= 15 is 0 Å². The third-order valence-corrected chi connectivity index (χ3v) is 9.41. The quantitative estimate of drug-likeness (QED) is 0.354. The number of carbonyl (C=O) groups is 1. The largest absolute Gasteiger partial charge is 0.457 e. The van der Waals surface area contributed by atoms with E-state index in [-0.39, 0.29) is 18.5 Å². The number of carbonyl (C=O) groups excluding carboxylic acids is 1. The molecule has 2 fully saturated rings. The fraction of sp³-hybridized carbons (Fsp3) is 0.900. The van der Waals surface area contributed by atoms with Crippen molar-refractivity contribution in [1.29, 1.82) is 0 Å². The molecule has 38 heavy (non-hydrogen) atoms. The molecule has 0 aromatic heterocycles. The van der Waals surface area contributed by atoms with Gasteiger partial charge in [0.05, 0.1) is 36.4 Å². The lowest BCUT2D eigenvalue weighted by Gasteiger charge is -2.55. The predicted octanol–water partition coefficient (Wildman–Crippen LogP) is 4.65. The van der Waals surface area contributed by atoms with Gasteiger partial charge in [-0.1, -0.05) is 40.7 Å². The zero-order chi connectivity index (χ0) is 28.8. The van der Waals surface area contributed by atoms with Crippen molar-refractivity contribution in [3.63, 3.8) is 0 Å². The van der Waals surface area contributed by atoms with Crippen LogP contribution in [0.5, 0.6) is 0 Å². The van der Waals surface area contributed by atoms with Gasteiger partial charge in [0.15, 0.2) is 5.79 Å². The maximum atomic E-state index is 13.4. The Hall–Kier alpha value is -1.03. The second-order valence-corrected chi connectivity index (χ2v) is 12.0. The number of ether oxygens (including phenoxy) is 5. The number of methoxy groups -OCH3 is 3. The normalized spacial score (nSPS) is 39.5. The van der Waals surface area contributed by atoms with E-state index in [1.807, 2.05) is 34.6 Å². The Labute approximate surface area is 230 Å². The molecule has 2 heterocycles. The molecule has 2 bridgehead atoms. The van der Waals surface area contributed by atoms with Gasteiger partial charge in [-0.05, 0) is 38.2 Å². The molecule has 9 atom stereocenters. The van der Waals surface area contributed by atoms with Crippen molar-refractivity contribution < 1.29 is 38.7 Å². The van der Waals surface area contributed by atoms with Gasteiger partial charge in [-0.2, -0.15) is 0 Å². The molecular formula is C30H54O8. The van der Waals surface area contributed by atoms with Crippen molar-refractivity contribution in [2.45, 2.75) is 129 Å². The number of aliphatic hydroxyl groups excluding tert-OH is 1. The van der Waals surface area contributed by atoms with E-state index in [0.29, 0.717) is 25.2 Å². The molecule has 0 spiro atoms. The first-order valence-corrected chi connectivity index (χ1v) is 14.3. The summed E-state index contributed by atoms with van der Waals surface area (Å²) in [4.78, 5) is 13.4. The summed E-state index contributed by atoms with van der Waals surface area (Å²) >= 11 is 0. The van der Waals surface area contributed by atoms with Crippen LogP contribution in [0.25, 0.3) is 0 Å². The molecular weight excluding hydrogens is 488 g/mol. The molecule has 0 aromatic rings. The summed E-state index contributed by atoms with van der Waals surface area (Å²) < 4.78 is 29.9. The van der Waals surface area contributed by atoms with Crippen molar-refractivity contribution in [2.75, 3.05) is 21.3 Å². The summed E-state index contributed by atoms with van der Waals surface area (Å²) in [5, 5.41) is 23.6. The van der Waals surface area contributed by atoms with Crippen molar-refractivity contribution in [2.24, 2.45) is 23.2 Å². The number of fused-ring (bicyclic) bond motifs is 2. The molecule has 1 unspecified atom stereocenters. The van der Waals surface area contributed by atoms with E-state index in [2.05, 4.69) is 19.9 Å². The van der Waals surface area contributed by atoms with Crippen LogP contribution in [-0.4, -0.2) is 79.9 Å². The number of cyclic esters (lactones) is 1. The fourth-order valence-corrected chi connectivity index (χ4v) is 6.11. The third kappa shape index (κ3) is 7.18. The highest BCUT2D eigenvalue weighted by molar-refractivity contribution is 5.73. The zero-order valence-corrected chi connectivity index (χ0v) is 25.4. The molecule has 0 amide bonds. The Kier molecular flexibility index (Phi) is 12.3. The molecule has 2 rings (SSSR count). The minimum Gasteiger partial charge on any atom is -0.457 e. The number of allylic oxidation sites excluding steroid dienone is 1. The van der Waals surface area contributed by atoms with Crippen LogP contribution in [0.3, 0.4) is 0 Å². The minimum atomic E-state index is -1.68. The Morgan fingerprint density at radius 3 is 2.13 bits per heavy atom. The van der Waals surface area contributed by atoms with Crippen LogP contribution in [0.15, 0.2) is 11.6 Å². The van der Waals surface area contributed by atoms with E-state index in [9.17, 15) is 15.0 Å².